The van der Waals surface area contributed by atoms with E-state index in [1.165, 1.54) is 0 Å². The van der Waals surface area contributed by atoms with Gasteiger partial charge in [-0.1, -0.05) is 41.7 Å². The van der Waals surface area contributed by atoms with Gasteiger partial charge in [-0.2, -0.15) is 0 Å². The zero-order valence-corrected chi connectivity index (χ0v) is 17.9. The van der Waals surface area contributed by atoms with E-state index in [9.17, 15) is 9.59 Å². The number of morpholine rings is 1. The summed E-state index contributed by atoms with van der Waals surface area (Å²) in [5, 5.41) is 3.94. The Balaban J connectivity index is 1.25. The number of amides is 1. The minimum Gasteiger partial charge on any atom is -0.378 e. The van der Waals surface area contributed by atoms with Crippen molar-refractivity contribution in [3.05, 3.63) is 77.4 Å². The van der Waals surface area contributed by atoms with Crippen molar-refractivity contribution in [2.75, 3.05) is 36.5 Å². The number of carbonyl (C=O) groups is 2. The highest BCUT2D eigenvalue weighted by Crippen LogP contribution is 2.37. The number of hydrogen-bond acceptors (Lipinski definition) is 6. The summed E-state index contributed by atoms with van der Waals surface area (Å²) < 4.78 is 6.44. The molecular weight excluding hydrogens is 422 g/mol. The largest absolute Gasteiger partial charge is 0.378 e. The van der Waals surface area contributed by atoms with E-state index < -0.39 is 0 Å². The maximum absolute atomic E-state index is 12.9. The molecule has 0 unspecified atom stereocenters. The van der Waals surface area contributed by atoms with Gasteiger partial charge in [-0.15, -0.1) is 0 Å². The van der Waals surface area contributed by atoms with Gasteiger partial charge in [-0.3, -0.25) is 9.59 Å². The molecule has 32 heavy (non-hydrogen) atoms. The lowest BCUT2D eigenvalue weighted by atomic mass is 10.0. The normalized spacial score (nSPS) is 15.0. The standard InChI is InChI=1S/C25H19N3O3S/c29-23-19-4-2-1-3-17(19)18-7-5-15(13-20(18)23)24(30)26-16-6-8-21-22(14-16)32-25(27-21)28-9-11-31-12-10-28/h1-8,13-14H,9-12H2,(H,26,30). The number of anilines is 2. The van der Waals surface area contributed by atoms with Crippen molar-refractivity contribution < 1.29 is 14.3 Å². The van der Waals surface area contributed by atoms with Crippen LogP contribution in [0.4, 0.5) is 10.8 Å². The maximum atomic E-state index is 12.9. The van der Waals surface area contributed by atoms with Crippen molar-refractivity contribution in [1.82, 2.24) is 4.98 Å². The Morgan fingerprint density at radius 2 is 1.72 bits per heavy atom. The van der Waals surface area contributed by atoms with Crippen molar-refractivity contribution in [2.45, 2.75) is 0 Å². The van der Waals surface area contributed by atoms with E-state index >= 15 is 0 Å². The second-order valence-electron chi connectivity index (χ2n) is 7.87. The molecule has 3 aromatic carbocycles. The van der Waals surface area contributed by atoms with Crippen LogP contribution in [0.2, 0.25) is 0 Å². The maximum Gasteiger partial charge on any atom is 0.255 e. The van der Waals surface area contributed by atoms with Gasteiger partial charge >= 0.3 is 0 Å². The zero-order valence-electron chi connectivity index (χ0n) is 17.1. The molecule has 1 saturated heterocycles. The summed E-state index contributed by atoms with van der Waals surface area (Å²) >= 11 is 1.61. The number of nitrogens with zero attached hydrogens (tertiary/aromatic N) is 2. The van der Waals surface area contributed by atoms with Crippen LogP contribution in [-0.4, -0.2) is 43.0 Å². The number of ketones is 1. The third kappa shape index (κ3) is 3.18. The van der Waals surface area contributed by atoms with E-state index in [0.29, 0.717) is 35.6 Å². The molecule has 158 valence electrons. The van der Waals surface area contributed by atoms with Crippen LogP contribution in [0.15, 0.2) is 60.7 Å². The van der Waals surface area contributed by atoms with E-state index in [4.69, 9.17) is 9.72 Å². The lowest BCUT2D eigenvalue weighted by Crippen LogP contribution is -2.36. The second kappa shape index (κ2) is 7.55. The molecule has 1 N–H and O–H groups in total. The van der Waals surface area contributed by atoms with Crippen LogP contribution in [0.3, 0.4) is 0 Å². The average Bonchev–Trinajstić information content (AvgIpc) is 3.39. The van der Waals surface area contributed by atoms with Gasteiger partial charge in [0.05, 0.1) is 23.4 Å². The molecule has 1 amide bonds. The Bertz CT molecular complexity index is 1390. The number of benzene rings is 3. The number of aromatic nitrogens is 1. The van der Waals surface area contributed by atoms with E-state index in [0.717, 1.165) is 39.6 Å². The van der Waals surface area contributed by atoms with Crippen LogP contribution in [0.5, 0.6) is 0 Å². The number of nitrogens with one attached hydrogen (secondary N) is 1. The molecule has 0 radical (unpaired) electrons. The van der Waals surface area contributed by atoms with Crippen LogP contribution >= 0.6 is 11.3 Å². The highest BCUT2D eigenvalue weighted by Gasteiger charge is 2.27. The Morgan fingerprint density at radius 1 is 0.938 bits per heavy atom. The topological polar surface area (TPSA) is 71.5 Å². The van der Waals surface area contributed by atoms with Crippen molar-refractivity contribution >= 4 is 44.1 Å². The Labute approximate surface area is 188 Å². The molecule has 1 aromatic heterocycles. The SMILES string of the molecule is O=C(Nc1ccc2nc(N3CCOCC3)sc2c1)c1ccc2c(c1)C(=O)c1ccccc1-2. The molecule has 0 saturated carbocycles. The first-order chi connectivity index (χ1) is 15.7. The molecule has 0 spiro atoms. The van der Waals surface area contributed by atoms with E-state index in [2.05, 4.69) is 10.2 Å². The minimum atomic E-state index is -0.242. The Morgan fingerprint density at radius 3 is 2.56 bits per heavy atom. The van der Waals surface area contributed by atoms with E-state index in [-0.39, 0.29) is 11.7 Å². The predicted molar refractivity (Wildman–Crippen MR) is 126 cm³/mol. The lowest BCUT2D eigenvalue weighted by Gasteiger charge is -2.25. The molecule has 1 fully saturated rings. The highest BCUT2D eigenvalue weighted by atomic mass is 32.1. The molecule has 1 aliphatic heterocycles. The van der Waals surface area contributed by atoms with E-state index in [1.807, 2.05) is 48.5 Å². The molecule has 6 nitrogen and oxygen atoms in total. The quantitative estimate of drug-likeness (QED) is 0.443. The van der Waals surface area contributed by atoms with Crippen molar-refractivity contribution in [3.8, 4) is 11.1 Å². The molecule has 6 rings (SSSR count). The third-order valence-corrected chi connectivity index (χ3v) is 6.98. The van der Waals surface area contributed by atoms with Gasteiger partial charge in [0, 0.05) is 35.5 Å². The first-order valence-electron chi connectivity index (χ1n) is 10.5. The summed E-state index contributed by atoms with van der Waals surface area (Å²) in [6, 6.07) is 18.6. The summed E-state index contributed by atoms with van der Waals surface area (Å²) in [5.41, 5.74) is 5.14. The van der Waals surface area contributed by atoms with Gasteiger partial charge in [0.25, 0.3) is 5.91 Å². The molecule has 2 heterocycles. The highest BCUT2D eigenvalue weighted by molar-refractivity contribution is 7.22. The third-order valence-electron chi connectivity index (χ3n) is 5.90. The van der Waals surface area contributed by atoms with Crippen molar-refractivity contribution in [2.24, 2.45) is 0 Å². The summed E-state index contributed by atoms with van der Waals surface area (Å²) in [7, 11) is 0. The van der Waals surface area contributed by atoms with Crippen molar-refractivity contribution in [1.29, 1.82) is 0 Å². The van der Waals surface area contributed by atoms with Crippen LogP contribution in [0, 0.1) is 0 Å². The minimum absolute atomic E-state index is 0.0352. The summed E-state index contributed by atoms with van der Waals surface area (Å²) in [6.07, 6.45) is 0. The Kier molecular flexibility index (Phi) is 4.52. The number of ether oxygens (including phenoxy) is 1. The monoisotopic (exact) mass is 441 g/mol. The molecule has 1 aliphatic carbocycles. The number of hydrogen-bond donors (Lipinski definition) is 1. The Hall–Kier alpha value is -3.55. The average molecular weight is 442 g/mol. The first-order valence-corrected chi connectivity index (χ1v) is 11.3. The second-order valence-corrected chi connectivity index (χ2v) is 8.88. The van der Waals surface area contributed by atoms with Gasteiger partial charge in [0.1, 0.15) is 0 Å². The molecule has 7 heteroatoms. The molecule has 0 bridgehead atoms. The summed E-state index contributed by atoms with van der Waals surface area (Å²) in [6.45, 7) is 3.10. The zero-order chi connectivity index (χ0) is 21.7. The molecule has 4 aromatic rings. The van der Waals surface area contributed by atoms with Gasteiger partial charge < -0.3 is 15.0 Å². The van der Waals surface area contributed by atoms with E-state index in [1.54, 1.807) is 23.5 Å². The molecular formula is C25H19N3O3S. The van der Waals surface area contributed by atoms with Gasteiger partial charge in [-0.05, 0) is 41.5 Å². The first kappa shape index (κ1) is 19.2. The van der Waals surface area contributed by atoms with Crippen LogP contribution in [0.25, 0.3) is 21.3 Å². The molecule has 2 aliphatic rings. The fraction of sp³-hybridized carbons (Fsp3) is 0.160. The van der Waals surface area contributed by atoms with Crippen LogP contribution in [-0.2, 0) is 4.74 Å². The van der Waals surface area contributed by atoms with Crippen LogP contribution < -0.4 is 10.2 Å². The molecule has 0 atom stereocenters. The number of fused-ring (bicyclic) bond motifs is 4. The van der Waals surface area contributed by atoms with Gasteiger partial charge in [0.2, 0.25) is 0 Å². The van der Waals surface area contributed by atoms with Crippen molar-refractivity contribution in [3.63, 3.8) is 0 Å². The number of rotatable bonds is 3. The summed E-state index contributed by atoms with van der Waals surface area (Å²) in [5.74, 6) is -0.277. The van der Waals surface area contributed by atoms with Gasteiger partial charge in [0.15, 0.2) is 10.9 Å². The lowest BCUT2D eigenvalue weighted by molar-refractivity contribution is 0.102. The number of carbonyl (C=O) groups excluding carboxylic acids is 2. The van der Waals surface area contributed by atoms with Gasteiger partial charge in [-0.25, -0.2) is 4.98 Å². The summed E-state index contributed by atoms with van der Waals surface area (Å²) in [4.78, 5) is 32.6. The fourth-order valence-electron chi connectivity index (χ4n) is 4.25. The smallest absolute Gasteiger partial charge is 0.255 e. The predicted octanol–water partition coefficient (Wildman–Crippen LogP) is 4.60. The van der Waals surface area contributed by atoms with Crippen LogP contribution in [0.1, 0.15) is 26.3 Å². The fourth-order valence-corrected chi connectivity index (χ4v) is 5.31. The number of thiazole rings is 1.